The predicted octanol–water partition coefficient (Wildman–Crippen LogP) is 2.96. The molecule has 0 fully saturated rings. The maximum Gasteiger partial charge on any atom is 0.146 e. The van der Waals surface area contributed by atoms with Crippen LogP contribution in [0.1, 0.15) is 18.4 Å². The van der Waals surface area contributed by atoms with Crippen molar-refractivity contribution in [1.29, 1.82) is 0 Å². The van der Waals surface area contributed by atoms with Crippen LogP contribution < -0.4 is 5.32 Å². The minimum Gasteiger partial charge on any atom is -0.383 e. The van der Waals surface area contributed by atoms with Gasteiger partial charge in [0.25, 0.3) is 0 Å². The van der Waals surface area contributed by atoms with E-state index in [9.17, 15) is 4.39 Å². The fourth-order valence-corrected chi connectivity index (χ4v) is 1.19. The second-order valence-corrected chi connectivity index (χ2v) is 3.22. The maximum absolute atomic E-state index is 13.2. The van der Waals surface area contributed by atoms with Crippen molar-refractivity contribution < 1.29 is 4.39 Å². The molecule has 2 heteroatoms. The minimum absolute atomic E-state index is 0.212. The van der Waals surface area contributed by atoms with Gasteiger partial charge < -0.3 is 5.32 Å². The molecule has 0 aliphatic carbocycles. The highest BCUT2D eigenvalue weighted by Gasteiger charge is 1.99. The molecule has 1 aromatic carbocycles. The molecule has 0 saturated heterocycles. The zero-order valence-electron chi connectivity index (χ0n) is 8.31. The molecule has 0 aliphatic rings. The van der Waals surface area contributed by atoms with Gasteiger partial charge in [-0.25, -0.2) is 4.39 Å². The zero-order chi connectivity index (χ0) is 10.4. The smallest absolute Gasteiger partial charge is 0.146 e. The van der Waals surface area contributed by atoms with E-state index in [1.165, 1.54) is 6.07 Å². The maximum atomic E-state index is 13.2. The molecule has 0 radical (unpaired) electrons. The van der Waals surface area contributed by atoms with Crippen LogP contribution in [0.4, 0.5) is 10.1 Å². The van der Waals surface area contributed by atoms with E-state index in [4.69, 9.17) is 6.42 Å². The number of halogens is 1. The Labute approximate surface area is 84.3 Å². The highest BCUT2D eigenvalue weighted by molar-refractivity contribution is 5.46. The summed E-state index contributed by atoms with van der Waals surface area (Å²) in [6.07, 6.45) is 6.70. The summed E-state index contributed by atoms with van der Waals surface area (Å²) in [6.45, 7) is 2.65. The molecule has 1 nitrogen and oxygen atoms in total. The van der Waals surface area contributed by atoms with Gasteiger partial charge in [0, 0.05) is 13.0 Å². The van der Waals surface area contributed by atoms with Crippen LogP contribution >= 0.6 is 0 Å². The van der Waals surface area contributed by atoms with Crippen LogP contribution in [-0.2, 0) is 0 Å². The number of benzene rings is 1. The summed E-state index contributed by atoms with van der Waals surface area (Å²) in [5, 5.41) is 3.02. The summed E-state index contributed by atoms with van der Waals surface area (Å²) in [5.41, 5.74) is 1.60. The number of hydrogen-bond donors (Lipinski definition) is 1. The number of rotatable bonds is 4. The van der Waals surface area contributed by atoms with Crippen molar-refractivity contribution in [2.45, 2.75) is 19.8 Å². The first-order valence-electron chi connectivity index (χ1n) is 4.67. The third kappa shape index (κ3) is 3.10. The summed E-state index contributed by atoms with van der Waals surface area (Å²) in [6, 6.07) is 5.02. The lowest BCUT2D eigenvalue weighted by Crippen LogP contribution is -2.03. The average Bonchev–Trinajstić information content (AvgIpc) is 2.18. The first kappa shape index (κ1) is 10.6. The average molecular weight is 191 g/mol. The molecule has 0 unspecified atom stereocenters. The molecular formula is C12H14FN. The number of terminal acetylenes is 1. The van der Waals surface area contributed by atoms with Crippen LogP contribution in [0.2, 0.25) is 0 Å². The van der Waals surface area contributed by atoms with Gasteiger partial charge in [-0.05, 0) is 31.0 Å². The quantitative estimate of drug-likeness (QED) is 0.570. The third-order valence-electron chi connectivity index (χ3n) is 1.94. The van der Waals surface area contributed by atoms with Crippen molar-refractivity contribution in [3.05, 3.63) is 29.6 Å². The summed E-state index contributed by atoms with van der Waals surface area (Å²) in [4.78, 5) is 0. The summed E-state index contributed by atoms with van der Waals surface area (Å²) >= 11 is 0. The van der Waals surface area contributed by atoms with Crippen molar-refractivity contribution in [1.82, 2.24) is 0 Å². The van der Waals surface area contributed by atoms with Crippen LogP contribution in [0.3, 0.4) is 0 Å². The van der Waals surface area contributed by atoms with Gasteiger partial charge in [-0.2, -0.15) is 0 Å². The summed E-state index contributed by atoms with van der Waals surface area (Å²) < 4.78 is 13.2. The Bertz CT molecular complexity index is 339. The molecular weight excluding hydrogens is 177 g/mol. The number of hydrogen-bond acceptors (Lipinski definition) is 1. The van der Waals surface area contributed by atoms with E-state index in [-0.39, 0.29) is 5.82 Å². The Hall–Kier alpha value is -1.49. The molecule has 0 aromatic heterocycles. The molecule has 74 valence electrons. The summed E-state index contributed by atoms with van der Waals surface area (Å²) in [5.74, 6) is 2.33. The van der Waals surface area contributed by atoms with Gasteiger partial charge in [0.05, 0.1) is 5.69 Å². The molecule has 0 spiro atoms. The number of anilines is 1. The SMILES string of the molecule is C#CCCCNc1cc(C)ccc1F. The van der Waals surface area contributed by atoms with E-state index >= 15 is 0 Å². The van der Waals surface area contributed by atoms with E-state index < -0.39 is 0 Å². The van der Waals surface area contributed by atoms with Crippen LogP contribution in [0.5, 0.6) is 0 Å². The van der Waals surface area contributed by atoms with E-state index in [1.807, 2.05) is 6.92 Å². The molecule has 14 heavy (non-hydrogen) atoms. The fourth-order valence-electron chi connectivity index (χ4n) is 1.19. The lowest BCUT2D eigenvalue weighted by Gasteiger charge is -2.07. The molecule has 0 saturated carbocycles. The van der Waals surface area contributed by atoms with Gasteiger partial charge >= 0.3 is 0 Å². The van der Waals surface area contributed by atoms with Crippen LogP contribution in [-0.4, -0.2) is 6.54 Å². The van der Waals surface area contributed by atoms with E-state index in [0.717, 1.165) is 18.4 Å². The first-order valence-corrected chi connectivity index (χ1v) is 4.67. The molecule has 0 aliphatic heterocycles. The Kier molecular flexibility index (Phi) is 4.00. The Balaban J connectivity index is 2.50. The Morgan fingerprint density at radius 1 is 1.50 bits per heavy atom. The van der Waals surface area contributed by atoms with Gasteiger partial charge in [0.15, 0.2) is 0 Å². The van der Waals surface area contributed by atoms with Crippen molar-refractivity contribution in [3.8, 4) is 12.3 Å². The second-order valence-electron chi connectivity index (χ2n) is 3.22. The number of nitrogens with one attached hydrogen (secondary N) is 1. The molecule has 0 heterocycles. The van der Waals surface area contributed by atoms with Crippen molar-refractivity contribution in [3.63, 3.8) is 0 Å². The summed E-state index contributed by atoms with van der Waals surface area (Å²) in [7, 11) is 0. The number of unbranched alkanes of at least 4 members (excludes halogenated alkanes) is 1. The highest BCUT2D eigenvalue weighted by atomic mass is 19.1. The van der Waals surface area contributed by atoms with Crippen LogP contribution in [0.15, 0.2) is 18.2 Å². The molecule has 0 amide bonds. The van der Waals surface area contributed by atoms with Gasteiger partial charge in [-0.1, -0.05) is 6.07 Å². The normalized spacial score (nSPS) is 9.50. The molecule has 0 atom stereocenters. The van der Waals surface area contributed by atoms with Gasteiger partial charge in [-0.15, -0.1) is 12.3 Å². The Morgan fingerprint density at radius 3 is 3.00 bits per heavy atom. The minimum atomic E-state index is -0.212. The molecule has 1 rings (SSSR count). The topological polar surface area (TPSA) is 12.0 Å². The molecule has 0 bridgehead atoms. The fraction of sp³-hybridized carbons (Fsp3) is 0.333. The highest BCUT2D eigenvalue weighted by Crippen LogP contribution is 2.15. The van der Waals surface area contributed by atoms with E-state index in [0.29, 0.717) is 12.2 Å². The Morgan fingerprint density at radius 2 is 2.29 bits per heavy atom. The van der Waals surface area contributed by atoms with Crippen molar-refractivity contribution in [2.75, 3.05) is 11.9 Å². The van der Waals surface area contributed by atoms with Gasteiger partial charge in [0.1, 0.15) is 5.82 Å². The first-order chi connectivity index (χ1) is 6.74. The molecule has 1 aromatic rings. The number of aryl methyl sites for hydroxylation is 1. The van der Waals surface area contributed by atoms with Gasteiger partial charge in [0.2, 0.25) is 0 Å². The largest absolute Gasteiger partial charge is 0.383 e. The van der Waals surface area contributed by atoms with Crippen LogP contribution in [0.25, 0.3) is 0 Å². The van der Waals surface area contributed by atoms with E-state index in [2.05, 4.69) is 11.2 Å². The zero-order valence-corrected chi connectivity index (χ0v) is 8.31. The van der Waals surface area contributed by atoms with E-state index in [1.54, 1.807) is 12.1 Å². The second kappa shape index (κ2) is 5.29. The lowest BCUT2D eigenvalue weighted by molar-refractivity contribution is 0.629. The molecule has 1 N–H and O–H groups in total. The lowest BCUT2D eigenvalue weighted by atomic mass is 10.2. The van der Waals surface area contributed by atoms with Gasteiger partial charge in [-0.3, -0.25) is 0 Å². The van der Waals surface area contributed by atoms with Crippen molar-refractivity contribution in [2.24, 2.45) is 0 Å². The predicted molar refractivity (Wildman–Crippen MR) is 57.7 cm³/mol. The third-order valence-corrected chi connectivity index (χ3v) is 1.94. The standard InChI is InChI=1S/C12H14FN/c1-3-4-5-8-14-12-9-10(2)6-7-11(12)13/h1,6-7,9,14H,4-5,8H2,2H3. The van der Waals surface area contributed by atoms with Crippen molar-refractivity contribution >= 4 is 5.69 Å². The monoisotopic (exact) mass is 191 g/mol. The van der Waals surface area contributed by atoms with Crippen LogP contribution in [0, 0.1) is 25.1 Å².